The highest BCUT2D eigenvalue weighted by atomic mass is 16.2. The smallest absolute Gasteiger partial charge is 0.290 e. The Bertz CT molecular complexity index is 1180. The summed E-state index contributed by atoms with van der Waals surface area (Å²) in [5.41, 5.74) is 6.09. The topological polar surface area (TPSA) is 96.3 Å². The maximum absolute atomic E-state index is 12.8. The molecule has 0 fully saturated rings. The number of hydrogen-bond donors (Lipinski definition) is 2. The molecule has 8 nitrogen and oxygen atoms in total. The molecule has 3 rings (SSSR count). The number of nitrogens with zero attached hydrogens (tertiary/aromatic N) is 3. The van der Waals surface area contributed by atoms with Crippen LogP contribution >= 0.6 is 0 Å². The van der Waals surface area contributed by atoms with Crippen LogP contribution < -0.4 is 21.3 Å². The second-order valence-corrected chi connectivity index (χ2v) is 8.07. The second-order valence-electron chi connectivity index (χ2n) is 8.07. The van der Waals surface area contributed by atoms with Crippen LogP contribution in [-0.2, 0) is 0 Å². The number of aromatic nitrogens is 2. The molecule has 0 bridgehead atoms. The Morgan fingerprint density at radius 2 is 1.53 bits per heavy atom. The summed E-state index contributed by atoms with van der Waals surface area (Å²) in [5, 5.41) is 5.07. The second kappa shape index (κ2) is 9.64. The minimum atomic E-state index is -0.600. The number of amides is 2. The Hall–Kier alpha value is -3.68. The highest BCUT2D eigenvalue weighted by molar-refractivity contribution is 6.06. The standard InChI is InChI=1S/C24H29N5O3/c1-6-28(15(2)3)18-13-11-17(12-14-18)22(30)25-26-23(31)21-19-9-7-8-10-20(19)24(32)29(27-21)16(4)5/h7-16H,6H2,1-5H3,(H,25,30)(H,26,31). The van der Waals surface area contributed by atoms with Crippen LogP contribution in [0, 0.1) is 0 Å². The van der Waals surface area contributed by atoms with Gasteiger partial charge in [0.1, 0.15) is 0 Å². The molecular weight excluding hydrogens is 406 g/mol. The first kappa shape index (κ1) is 23.0. The van der Waals surface area contributed by atoms with Gasteiger partial charge in [0.25, 0.3) is 17.4 Å². The number of hydrogen-bond acceptors (Lipinski definition) is 5. The molecule has 0 aliphatic carbocycles. The van der Waals surface area contributed by atoms with E-state index in [1.165, 1.54) is 4.68 Å². The zero-order valence-corrected chi connectivity index (χ0v) is 19.0. The molecule has 1 heterocycles. The predicted molar refractivity (Wildman–Crippen MR) is 126 cm³/mol. The van der Waals surface area contributed by atoms with Crippen LogP contribution in [0.4, 0.5) is 5.69 Å². The average Bonchev–Trinajstić information content (AvgIpc) is 2.78. The number of rotatable bonds is 6. The van der Waals surface area contributed by atoms with Gasteiger partial charge < -0.3 is 4.90 Å². The van der Waals surface area contributed by atoms with Gasteiger partial charge in [-0.15, -0.1) is 0 Å². The summed E-state index contributed by atoms with van der Waals surface area (Å²) in [4.78, 5) is 40.2. The molecule has 32 heavy (non-hydrogen) atoms. The van der Waals surface area contributed by atoms with E-state index in [1.54, 1.807) is 36.4 Å². The highest BCUT2D eigenvalue weighted by Gasteiger charge is 2.18. The first-order chi connectivity index (χ1) is 15.2. The molecule has 2 aromatic carbocycles. The number of carbonyl (C=O) groups is 2. The van der Waals surface area contributed by atoms with E-state index in [-0.39, 0.29) is 17.3 Å². The average molecular weight is 436 g/mol. The van der Waals surface area contributed by atoms with Crippen LogP contribution in [0.2, 0.25) is 0 Å². The molecule has 2 N–H and O–H groups in total. The zero-order chi connectivity index (χ0) is 23.4. The molecule has 8 heteroatoms. The molecule has 0 saturated carbocycles. The predicted octanol–water partition coefficient (Wildman–Crippen LogP) is 3.29. The Morgan fingerprint density at radius 1 is 0.938 bits per heavy atom. The highest BCUT2D eigenvalue weighted by Crippen LogP contribution is 2.18. The SMILES string of the molecule is CCN(c1ccc(C(=O)NNC(=O)c2nn(C(C)C)c(=O)c3ccccc23)cc1)C(C)C. The van der Waals surface area contributed by atoms with Gasteiger partial charge in [0.2, 0.25) is 0 Å². The fourth-order valence-corrected chi connectivity index (χ4v) is 3.62. The molecule has 2 amide bonds. The number of carbonyl (C=O) groups excluding carboxylic acids is 2. The summed E-state index contributed by atoms with van der Waals surface area (Å²) in [6.45, 7) is 10.8. The van der Waals surface area contributed by atoms with Crippen molar-refractivity contribution in [3.05, 3.63) is 70.1 Å². The molecule has 168 valence electrons. The molecule has 0 aliphatic heterocycles. The number of benzene rings is 2. The van der Waals surface area contributed by atoms with E-state index >= 15 is 0 Å². The molecule has 0 spiro atoms. The largest absolute Gasteiger partial charge is 0.369 e. The van der Waals surface area contributed by atoms with E-state index in [0.717, 1.165) is 12.2 Å². The van der Waals surface area contributed by atoms with E-state index in [1.807, 2.05) is 26.0 Å². The fraction of sp³-hybridized carbons (Fsp3) is 0.333. The van der Waals surface area contributed by atoms with Crippen molar-refractivity contribution in [2.45, 2.75) is 46.7 Å². The van der Waals surface area contributed by atoms with E-state index in [9.17, 15) is 14.4 Å². The van der Waals surface area contributed by atoms with Gasteiger partial charge in [-0.25, -0.2) is 4.68 Å². The van der Waals surface area contributed by atoms with Crippen LogP contribution in [0.5, 0.6) is 0 Å². The third-order valence-electron chi connectivity index (χ3n) is 5.25. The minimum Gasteiger partial charge on any atom is -0.369 e. The van der Waals surface area contributed by atoms with E-state index in [0.29, 0.717) is 22.4 Å². The molecule has 0 unspecified atom stereocenters. The van der Waals surface area contributed by atoms with Gasteiger partial charge in [0.15, 0.2) is 5.69 Å². The minimum absolute atomic E-state index is 0.0695. The number of hydrazine groups is 1. The Morgan fingerprint density at radius 3 is 2.09 bits per heavy atom. The van der Waals surface area contributed by atoms with Gasteiger partial charge in [-0.1, -0.05) is 18.2 Å². The lowest BCUT2D eigenvalue weighted by molar-refractivity contribution is 0.0843. The molecular formula is C24H29N5O3. The Kier molecular flexibility index (Phi) is 6.92. The van der Waals surface area contributed by atoms with E-state index < -0.39 is 11.8 Å². The van der Waals surface area contributed by atoms with Crippen molar-refractivity contribution >= 4 is 28.3 Å². The molecule has 0 atom stereocenters. The van der Waals surface area contributed by atoms with Crippen molar-refractivity contribution in [1.29, 1.82) is 0 Å². The normalized spacial score (nSPS) is 11.1. The van der Waals surface area contributed by atoms with Crippen LogP contribution in [-0.4, -0.2) is 34.2 Å². The summed E-state index contributed by atoms with van der Waals surface area (Å²) in [5.74, 6) is -1.04. The zero-order valence-electron chi connectivity index (χ0n) is 19.0. The lowest BCUT2D eigenvalue weighted by Gasteiger charge is -2.27. The maximum Gasteiger partial charge on any atom is 0.290 e. The monoisotopic (exact) mass is 435 g/mol. The van der Waals surface area contributed by atoms with Gasteiger partial charge in [0.05, 0.1) is 11.4 Å². The van der Waals surface area contributed by atoms with Crippen molar-refractivity contribution in [1.82, 2.24) is 20.6 Å². The first-order valence-corrected chi connectivity index (χ1v) is 10.7. The van der Waals surface area contributed by atoms with Crippen molar-refractivity contribution < 1.29 is 9.59 Å². The lowest BCUT2D eigenvalue weighted by Crippen LogP contribution is -2.43. The van der Waals surface area contributed by atoms with Gasteiger partial charge in [-0.3, -0.25) is 25.2 Å². The Labute approximate surface area is 187 Å². The van der Waals surface area contributed by atoms with Crippen molar-refractivity contribution in [3.8, 4) is 0 Å². The first-order valence-electron chi connectivity index (χ1n) is 10.7. The van der Waals surface area contributed by atoms with E-state index in [2.05, 4.69) is 41.6 Å². The molecule has 1 aromatic heterocycles. The van der Waals surface area contributed by atoms with Crippen LogP contribution in [0.15, 0.2) is 53.3 Å². The van der Waals surface area contributed by atoms with Crippen LogP contribution in [0.3, 0.4) is 0 Å². The third kappa shape index (κ3) is 4.64. The molecule has 0 radical (unpaired) electrons. The van der Waals surface area contributed by atoms with Crippen molar-refractivity contribution in [3.63, 3.8) is 0 Å². The van der Waals surface area contributed by atoms with Crippen molar-refractivity contribution in [2.75, 3.05) is 11.4 Å². The molecule has 3 aromatic rings. The van der Waals surface area contributed by atoms with Gasteiger partial charge >= 0.3 is 0 Å². The Balaban J connectivity index is 1.79. The summed E-state index contributed by atoms with van der Waals surface area (Å²) in [6, 6.07) is 14.1. The maximum atomic E-state index is 12.8. The number of nitrogens with one attached hydrogen (secondary N) is 2. The number of anilines is 1. The summed E-state index contributed by atoms with van der Waals surface area (Å²) < 4.78 is 1.27. The fourth-order valence-electron chi connectivity index (χ4n) is 3.62. The van der Waals surface area contributed by atoms with Gasteiger partial charge in [-0.2, -0.15) is 5.10 Å². The van der Waals surface area contributed by atoms with Gasteiger partial charge in [-0.05, 0) is 65.0 Å². The van der Waals surface area contributed by atoms with Crippen molar-refractivity contribution in [2.24, 2.45) is 0 Å². The lowest BCUT2D eigenvalue weighted by atomic mass is 10.1. The summed E-state index contributed by atoms with van der Waals surface area (Å²) >= 11 is 0. The molecule has 0 aliphatic rings. The summed E-state index contributed by atoms with van der Waals surface area (Å²) in [6.07, 6.45) is 0. The van der Waals surface area contributed by atoms with Crippen LogP contribution in [0.1, 0.15) is 61.5 Å². The van der Waals surface area contributed by atoms with E-state index in [4.69, 9.17) is 0 Å². The van der Waals surface area contributed by atoms with Crippen LogP contribution in [0.25, 0.3) is 10.8 Å². The van der Waals surface area contributed by atoms with Gasteiger partial charge in [0, 0.05) is 29.2 Å². The molecule has 0 saturated heterocycles. The summed E-state index contributed by atoms with van der Waals surface area (Å²) in [7, 11) is 0. The number of fused-ring (bicyclic) bond motifs is 1. The third-order valence-corrected chi connectivity index (χ3v) is 5.25. The quantitative estimate of drug-likeness (QED) is 0.579.